The average molecular weight is 260 g/mol. The maximum atomic E-state index is 4.34. The number of nitrogens with zero attached hydrogens (tertiary/aromatic N) is 1. The smallest absolute Gasteiger partial charge is 0.0375 e. The zero-order chi connectivity index (χ0) is 13.5. The largest absolute Gasteiger partial charge is 0.310 e. The van der Waals surface area contributed by atoms with Gasteiger partial charge in [-0.1, -0.05) is 32.6 Å². The molecule has 19 heavy (non-hydrogen) atoms. The molecule has 1 N–H and O–H groups in total. The highest BCUT2D eigenvalue weighted by molar-refractivity contribution is 5.20. The average Bonchev–Trinajstić information content (AvgIpc) is 2.68. The molecule has 1 heterocycles. The minimum atomic E-state index is 0.528. The second kappa shape index (κ2) is 7.64. The Balaban J connectivity index is 2.13. The van der Waals surface area contributed by atoms with Gasteiger partial charge in [0, 0.05) is 17.9 Å². The lowest BCUT2D eigenvalue weighted by atomic mass is 9.87. The molecule has 1 atom stereocenters. The molecular weight excluding hydrogens is 232 g/mol. The van der Waals surface area contributed by atoms with Crippen LogP contribution in [0.25, 0.3) is 0 Å². The Hall–Kier alpha value is -0.890. The standard InChI is InChI=1S/C17H28N2/c1-3-11-19-17(15-8-6-4-5-7-9-15)16-10-12-18-14(2)13-16/h10,12-13,15,17,19H,3-9,11H2,1-2H3. The molecule has 1 aromatic heterocycles. The van der Waals surface area contributed by atoms with E-state index in [2.05, 4.69) is 36.3 Å². The monoisotopic (exact) mass is 260 g/mol. The van der Waals surface area contributed by atoms with Gasteiger partial charge in [-0.15, -0.1) is 0 Å². The number of rotatable bonds is 5. The first kappa shape index (κ1) is 14.5. The van der Waals surface area contributed by atoms with Crippen LogP contribution in [-0.4, -0.2) is 11.5 Å². The van der Waals surface area contributed by atoms with E-state index in [0.717, 1.165) is 18.2 Å². The van der Waals surface area contributed by atoms with E-state index in [-0.39, 0.29) is 0 Å². The summed E-state index contributed by atoms with van der Waals surface area (Å²) >= 11 is 0. The number of aromatic nitrogens is 1. The Morgan fingerprint density at radius 3 is 2.63 bits per heavy atom. The molecule has 2 rings (SSSR count). The fraction of sp³-hybridized carbons (Fsp3) is 0.706. The molecule has 0 radical (unpaired) electrons. The summed E-state index contributed by atoms with van der Waals surface area (Å²) in [6, 6.07) is 4.99. The predicted octanol–water partition coefficient (Wildman–Crippen LogP) is 4.40. The van der Waals surface area contributed by atoms with Gasteiger partial charge < -0.3 is 5.32 Å². The van der Waals surface area contributed by atoms with Crippen molar-refractivity contribution in [3.63, 3.8) is 0 Å². The maximum Gasteiger partial charge on any atom is 0.0375 e. The van der Waals surface area contributed by atoms with Crippen molar-refractivity contribution in [2.45, 2.75) is 64.8 Å². The first-order chi connectivity index (χ1) is 9.31. The van der Waals surface area contributed by atoms with Crippen LogP contribution in [0.4, 0.5) is 0 Å². The van der Waals surface area contributed by atoms with Crippen LogP contribution in [0, 0.1) is 12.8 Å². The van der Waals surface area contributed by atoms with Gasteiger partial charge in [0.2, 0.25) is 0 Å². The Kier molecular flexibility index (Phi) is 5.84. The van der Waals surface area contributed by atoms with E-state index in [0.29, 0.717) is 6.04 Å². The topological polar surface area (TPSA) is 24.9 Å². The first-order valence-electron chi connectivity index (χ1n) is 7.97. The molecule has 0 aliphatic heterocycles. The minimum Gasteiger partial charge on any atom is -0.310 e. The van der Waals surface area contributed by atoms with E-state index in [1.54, 1.807) is 0 Å². The summed E-state index contributed by atoms with van der Waals surface area (Å²) in [6.07, 6.45) is 11.6. The van der Waals surface area contributed by atoms with Gasteiger partial charge in [0.25, 0.3) is 0 Å². The number of pyridine rings is 1. The van der Waals surface area contributed by atoms with Crippen molar-refractivity contribution in [3.8, 4) is 0 Å². The molecule has 1 unspecified atom stereocenters. The molecule has 2 heteroatoms. The van der Waals surface area contributed by atoms with E-state index >= 15 is 0 Å². The fourth-order valence-corrected chi connectivity index (χ4v) is 3.26. The molecule has 0 saturated heterocycles. The molecule has 1 aliphatic carbocycles. The molecule has 1 saturated carbocycles. The van der Waals surface area contributed by atoms with Crippen LogP contribution in [-0.2, 0) is 0 Å². The highest BCUT2D eigenvalue weighted by Gasteiger charge is 2.23. The predicted molar refractivity (Wildman–Crippen MR) is 81.2 cm³/mol. The zero-order valence-corrected chi connectivity index (χ0v) is 12.5. The van der Waals surface area contributed by atoms with Crippen LogP contribution < -0.4 is 5.32 Å². The molecular formula is C17H28N2. The lowest BCUT2D eigenvalue weighted by molar-refractivity contribution is 0.325. The summed E-state index contributed by atoms with van der Waals surface area (Å²) in [7, 11) is 0. The summed E-state index contributed by atoms with van der Waals surface area (Å²) in [5.41, 5.74) is 2.57. The molecule has 1 fully saturated rings. The van der Waals surface area contributed by atoms with Gasteiger partial charge in [-0.3, -0.25) is 4.98 Å². The third-order valence-corrected chi connectivity index (χ3v) is 4.27. The molecule has 2 nitrogen and oxygen atoms in total. The maximum absolute atomic E-state index is 4.34. The van der Waals surface area contributed by atoms with Gasteiger partial charge in [-0.05, 0) is 56.3 Å². The van der Waals surface area contributed by atoms with Crippen LogP contribution in [0.2, 0.25) is 0 Å². The summed E-state index contributed by atoms with van der Waals surface area (Å²) in [4.78, 5) is 4.34. The van der Waals surface area contributed by atoms with Crippen molar-refractivity contribution in [3.05, 3.63) is 29.6 Å². The third-order valence-electron chi connectivity index (χ3n) is 4.27. The van der Waals surface area contributed by atoms with E-state index in [1.807, 2.05) is 6.20 Å². The van der Waals surface area contributed by atoms with Gasteiger partial charge in [0.15, 0.2) is 0 Å². The normalized spacial score (nSPS) is 19.1. The SMILES string of the molecule is CCCNC(c1ccnc(C)c1)C1CCCCCC1. The van der Waals surface area contributed by atoms with Crippen LogP contribution in [0.1, 0.15) is 69.2 Å². The highest BCUT2D eigenvalue weighted by Crippen LogP contribution is 2.33. The van der Waals surface area contributed by atoms with Crippen molar-refractivity contribution in [1.29, 1.82) is 0 Å². The highest BCUT2D eigenvalue weighted by atomic mass is 14.9. The van der Waals surface area contributed by atoms with Gasteiger partial charge in [0.05, 0.1) is 0 Å². The van der Waals surface area contributed by atoms with E-state index in [9.17, 15) is 0 Å². The molecule has 0 spiro atoms. The lowest BCUT2D eigenvalue weighted by Gasteiger charge is -2.28. The van der Waals surface area contributed by atoms with Gasteiger partial charge >= 0.3 is 0 Å². The molecule has 1 aliphatic rings. The van der Waals surface area contributed by atoms with Crippen molar-refractivity contribution >= 4 is 0 Å². The molecule has 0 bridgehead atoms. The number of nitrogens with one attached hydrogen (secondary N) is 1. The number of hydrogen-bond acceptors (Lipinski definition) is 2. The minimum absolute atomic E-state index is 0.528. The molecule has 0 aromatic carbocycles. The summed E-state index contributed by atoms with van der Waals surface area (Å²) in [5.74, 6) is 0.802. The Morgan fingerprint density at radius 2 is 2.00 bits per heavy atom. The molecule has 106 valence electrons. The molecule has 1 aromatic rings. The van der Waals surface area contributed by atoms with Crippen molar-refractivity contribution in [2.75, 3.05) is 6.54 Å². The van der Waals surface area contributed by atoms with Crippen LogP contribution in [0.15, 0.2) is 18.3 Å². The third kappa shape index (κ3) is 4.31. The summed E-state index contributed by atoms with van der Waals surface area (Å²) in [5, 5.41) is 3.78. The van der Waals surface area contributed by atoms with Gasteiger partial charge in [-0.25, -0.2) is 0 Å². The van der Waals surface area contributed by atoms with Crippen molar-refractivity contribution in [1.82, 2.24) is 10.3 Å². The second-order valence-corrected chi connectivity index (χ2v) is 5.91. The molecule has 0 amide bonds. The van der Waals surface area contributed by atoms with Crippen molar-refractivity contribution in [2.24, 2.45) is 5.92 Å². The summed E-state index contributed by atoms with van der Waals surface area (Å²) in [6.45, 7) is 5.45. The Labute approximate surface area is 118 Å². The van der Waals surface area contributed by atoms with Gasteiger partial charge in [0.1, 0.15) is 0 Å². The lowest BCUT2D eigenvalue weighted by Crippen LogP contribution is -2.29. The second-order valence-electron chi connectivity index (χ2n) is 5.91. The Morgan fingerprint density at radius 1 is 1.26 bits per heavy atom. The Bertz CT molecular complexity index is 367. The van der Waals surface area contributed by atoms with Gasteiger partial charge in [-0.2, -0.15) is 0 Å². The van der Waals surface area contributed by atoms with E-state index < -0.39 is 0 Å². The van der Waals surface area contributed by atoms with Crippen molar-refractivity contribution < 1.29 is 0 Å². The van der Waals surface area contributed by atoms with Crippen LogP contribution in [0.5, 0.6) is 0 Å². The zero-order valence-electron chi connectivity index (χ0n) is 12.5. The number of hydrogen-bond donors (Lipinski definition) is 1. The number of aryl methyl sites for hydroxylation is 1. The van der Waals surface area contributed by atoms with E-state index in [1.165, 1.54) is 50.5 Å². The van der Waals surface area contributed by atoms with Crippen LogP contribution in [0.3, 0.4) is 0 Å². The summed E-state index contributed by atoms with van der Waals surface area (Å²) < 4.78 is 0. The fourth-order valence-electron chi connectivity index (χ4n) is 3.26. The quantitative estimate of drug-likeness (QED) is 0.794. The van der Waals surface area contributed by atoms with E-state index in [4.69, 9.17) is 0 Å². The first-order valence-corrected chi connectivity index (χ1v) is 7.97. The van der Waals surface area contributed by atoms with Crippen LogP contribution >= 0.6 is 0 Å².